The Hall–Kier alpha value is -0.500. The summed E-state index contributed by atoms with van der Waals surface area (Å²) in [5.41, 5.74) is 1.80. The SMILES string of the molecule is C=C(N(C)CC)C12CC(C1)N(C(C)C)C2. The van der Waals surface area contributed by atoms with Crippen LogP contribution in [0.1, 0.15) is 33.6 Å². The summed E-state index contributed by atoms with van der Waals surface area (Å²) < 4.78 is 0. The molecule has 1 saturated carbocycles. The zero-order valence-electron chi connectivity index (χ0n) is 10.6. The fraction of sp³-hybridized carbons (Fsp3) is 0.846. The fourth-order valence-electron chi connectivity index (χ4n) is 3.21. The second-order valence-electron chi connectivity index (χ2n) is 5.57. The fourth-order valence-corrected chi connectivity index (χ4v) is 3.21. The number of hydrogen-bond acceptors (Lipinski definition) is 2. The Labute approximate surface area is 93.9 Å². The van der Waals surface area contributed by atoms with Crippen molar-refractivity contribution in [2.24, 2.45) is 5.41 Å². The molecule has 1 aliphatic carbocycles. The third kappa shape index (κ3) is 1.50. The zero-order valence-corrected chi connectivity index (χ0v) is 10.6. The molecule has 0 atom stereocenters. The van der Waals surface area contributed by atoms with Crippen molar-refractivity contribution in [2.45, 2.75) is 45.7 Å². The molecule has 0 radical (unpaired) electrons. The minimum absolute atomic E-state index is 0.430. The molecule has 0 aromatic carbocycles. The van der Waals surface area contributed by atoms with Crippen molar-refractivity contribution < 1.29 is 0 Å². The van der Waals surface area contributed by atoms with Crippen LogP contribution in [-0.2, 0) is 0 Å². The van der Waals surface area contributed by atoms with E-state index < -0.39 is 0 Å². The first kappa shape index (κ1) is 11.0. The first-order valence-corrected chi connectivity index (χ1v) is 6.16. The Morgan fingerprint density at radius 3 is 2.53 bits per heavy atom. The largest absolute Gasteiger partial charge is 0.378 e. The van der Waals surface area contributed by atoms with Crippen LogP contribution in [0.2, 0.25) is 0 Å². The van der Waals surface area contributed by atoms with E-state index >= 15 is 0 Å². The lowest BCUT2D eigenvalue weighted by atomic mass is 9.68. The van der Waals surface area contributed by atoms with Crippen LogP contribution in [0, 0.1) is 5.41 Å². The maximum atomic E-state index is 4.31. The van der Waals surface area contributed by atoms with Crippen molar-refractivity contribution in [2.75, 3.05) is 20.1 Å². The summed E-state index contributed by atoms with van der Waals surface area (Å²) in [5, 5.41) is 0. The van der Waals surface area contributed by atoms with Gasteiger partial charge in [-0.05, 0) is 33.6 Å². The molecular formula is C13H24N2. The molecule has 0 amide bonds. The van der Waals surface area contributed by atoms with Gasteiger partial charge in [-0.25, -0.2) is 0 Å². The molecule has 2 heteroatoms. The van der Waals surface area contributed by atoms with Crippen molar-refractivity contribution in [1.29, 1.82) is 0 Å². The monoisotopic (exact) mass is 208 g/mol. The van der Waals surface area contributed by atoms with E-state index in [1.54, 1.807) is 0 Å². The molecule has 0 aromatic rings. The average molecular weight is 208 g/mol. The van der Waals surface area contributed by atoms with Gasteiger partial charge in [-0.15, -0.1) is 0 Å². The predicted octanol–water partition coefficient (Wildman–Crippen LogP) is 2.32. The van der Waals surface area contributed by atoms with Crippen molar-refractivity contribution in [3.63, 3.8) is 0 Å². The van der Waals surface area contributed by atoms with Crippen molar-refractivity contribution in [3.8, 4) is 0 Å². The molecule has 2 bridgehead atoms. The standard InChI is InChI=1S/C13H24N2/c1-6-14(5)11(4)13-7-12(8-13)15(9-13)10(2)3/h10,12H,4,6-9H2,1-3,5H3. The highest BCUT2D eigenvalue weighted by molar-refractivity contribution is 5.23. The molecule has 0 unspecified atom stereocenters. The Balaban J connectivity index is 2.05. The van der Waals surface area contributed by atoms with E-state index in [2.05, 4.69) is 44.2 Å². The maximum Gasteiger partial charge on any atom is 0.0253 e. The molecule has 15 heavy (non-hydrogen) atoms. The zero-order chi connectivity index (χ0) is 11.2. The molecule has 0 spiro atoms. The maximum absolute atomic E-state index is 4.31. The van der Waals surface area contributed by atoms with Crippen LogP contribution in [0.15, 0.2) is 12.3 Å². The molecule has 86 valence electrons. The topological polar surface area (TPSA) is 6.48 Å². The Bertz CT molecular complexity index is 264. The minimum atomic E-state index is 0.430. The Morgan fingerprint density at radius 1 is 1.53 bits per heavy atom. The Kier molecular flexibility index (Phi) is 2.58. The molecule has 2 saturated heterocycles. The summed E-state index contributed by atoms with van der Waals surface area (Å²) in [7, 11) is 2.17. The summed E-state index contributed by atoms with van der Waals surface area (Å²) in [5.74, 6) is 0. The van der Waals surface area contributed by atoms with Crippen LogP contribution in [0.25, 0.3) is 0 Å². The highest BCUT2D eigenvalue weighted by Crippen LogP contribution is 2.56. The number of nitrogens with zero attached hydrogens (tertiary/aromatic N) is 2. The van der Waals surface area contributed by atoms with Crippen LogP contribution in [0.3, 0.4) is 0 Å². The first-order chi connectivity index (χ1) is 7.00. The van der Waals surface area contributed by atoms with E-state index in [4.69, 9.17) is 0 Å². The van der Waals surface area contributed by atoms with Crippen molar-refractivity contribution in [3.05, 3.63) is 12.3 Å². The number of fused-ring (bicyclic) bond motifs is 1. The molecule has 2 aliphatic heterocycles. The van der Waals surface area contributed by atoms with E-state index in [0.717, 1.165) is 12.6 Å². The van der Waals surface area contributed by atoms with E-state index in [1.165, 1.54) is 25.1 Å². The lowest BCUT2D eigenvalue weighted by Crippen LogP contribution is -2.41. The van der Waals surface area contributed by atoms with Crippen molar-refractivity contribution in [1.82, 2.24) is 9.80 Å². The van der Waals surface area contributed by atoms with Gasteiger partial charge in [-0.3, -0.25) is 4.90 Å². The van der Waals surface area contributed by atoms with Gasteiger partial charge in [-0.2, -0.15) is 0 Å². The summed E-state index contributed by atoms with van der Waals surface area (Å²) in [4.78, 5) is 4.97. The molecule has 0 aromatic heterocycles. The van der Waals surface area contributed by atoms with Crippen LogP contribution >= 0.6 is 0 Å². The van der Waals surface area contributed by atoms with Crippen molar-refractivity contribution >= 4 is 0 Å². The van der Waals surface area contributed by atoms with Gasteiger partial charge < -0.3 is 4.90 Å². The molecular weight excluding hydrogens is 184 g/mol. The first-order valence-electron chi connectivity index (χ1n) is 6.16. The molecule has 2 heterocycles. The van der Waals surface area contributed by atoms with Crippen LogP contribution < -0.4 is 0 Å². The van der Waals surface area contributed by atoms with Crippen LogP contribution in [0.5, 0.6) is 0 Å². The van der Waals surface area contributed by atoms with E-state index in [-0.39, 0.29) is 0 Å². The molecule has 2 nitrogen and oxygen atoms in total. The van der Waals surface area contributed by atoms with Gasteiger partial charge in [0.1, 0.15) is 0 Å². The van der Waals surface area contributed by atoms with Gasteiger partial charge in [0, 0.05) is 43.3 Å². The third-order valence-corrected chi connectivity index (χ3v) is 4.42. The molecule has 3 fully saturated rings. The van der Waals surface area contributed by atoms with Gasteiger partial charge in [0.2, 0.25) is 0 Å². The summed E-state index contributed by atoms with van der Waals surface area (Å²) in [6.45, 7) is 13.4. The minimum Gasteiger partial charge on any atom is -0.378 e. The highest BCUT2D eigenvalue weighted by Gasteiger charge is 2.57. The second-order valence-corrected chi connectivity index (χ2v) is 5.57. The lowest BCUT2D eigenvalue weighted by Gasteiger charge is -2.42. The molecule has 3 rings (SSSR count). The quantitative estimate of drug-likeness (QED) is 0.699. The van der Waals surface area contributed by atoms with Gasteiger partial charge in [0.05, 0.1) is 0 Å². The van der Waals surface area contributed by atoms with E-state index in [9.17, 15) is 0 Å². The van der Waals surface area contributed by atoms with Gasteiger partial charge >= 0.3 is 0 Å². The highest BCUT2D eigenvalue weighted by atomic mass is 15.3. The third-order valence-electron chi connectivity index (χ3n) is 4.42. The van der Waals surface area contributed by atoms with Crippen LogP contribution in [0.4, 0.5) is 0 Å². The lowest BCUT2D eigenvalue weighted by molar-refractivity contribution is 0.164. The van der Waals surface area contributed by atoms with E-state index in [0.29, 0.717) is 11.5 Å². The van der Waals surface area contributed by atoms with E-state index in [1.807, 2.05) is 0 Å². The predicted molar refractivity (Wildman–Crippen MR) is 64.7 cm³/mol. The smallest absolute Gasteiger partial charge is 0.0253 e. The Morgan fingerprint density at radius 2 is 2.13 bits per heavy atom. The van der Waals surface area contributed by atoms with Gasteiger partial charge in [0.15, 0.2) is 0 Å². The van der Waals surface area contributed by atoms with Crippen LogP contribution in [-0.4, -0.2) is 42.0 Å². The normalized spacial score (nSPS) is 34.3. The average Bonchev–Trinajstić information content (AvgIpc) is 2.69. The second kappa shape index (κ2) is 3.51. The number of hydrogen-bond donors (Lipinski definition) is 0. The van der Waals surface area contributed by atoms with Gasteiger partial charge in [0.25, 0.3) is 0 Å². The summed E-state index contributed by atoms with van der Waals surface area (Å²) in [6, 6.07) is 1.53. The summed E-state index contributed by atoms with van der Waals surface area (Å²) in [6.07, 6.45) is 2.68. The number of rotatable bonds is 4. The van der Waals surface area contributed by atoms with Gasteiger partial charge in [-0.1, -0.05) is 6.58 Å². The molecule has 3 aliphatic rings. The summed E-state index contributed by atoms with van der Waals surface area (Å²) >= 11 is 0. The molecule has 0 N–H and O–H groups in total.